The predicted octanol–water partition coefficient (Wildman–Crippen LogP) is 1.88. The molecule has 0 saturated carbocycles. The number of rotatable bonds is 5. The number of morpholine rings is 1. The summed E-state index contributed by atoms with van der Waals surface area (Å²) in [5.74, 6) is 1.15. The van der Waals surface area contributed by atoms with Crippen LogP contribution in [0.5, 0.6) is 11.5 Å². The number of nitrogens with one attached hydrogen (secondary N) is 1. The fourth-order valence-electron chi connectivity index (χ4n) is 3.33. The number of fused-ring (bicyclic) bond motifs is 1. The number of amides is 1. The summed E-state index contributed by atoms with van der Waals surface area (Å²) < 4.78 is 16.8. The molecule has 25 heavy (non-hydrogen) atoms. The van der Waals surface area contributed by atoms with Gasteiger partial charge in [-0.05, 0) is 31.5 Å². The van der Waals surface area contributed by atoms with E-state index in [0.29, 0.717) is 36.3 Å². The molecule has 1 amide bonds. The van der Waals surface area contributed by atoms with Gasteiger partial charge >= 0.3 is 0 Å². The lowest BCUT2D eigenvalue weighted by molar-refractivity contribution is -0.120. The van der Waals surface area contributed by atoms with Gasteiger partial charge in [-0.1, -0.05) is 11.6 Å². The molecule has 0 bridgehead atoms. The fraction of sp³-hybridized carbons (Fsp3) is 0.611. The first-order valence-corrected chi connectivity index (χ1v) is 9.11. The van der Waals surface area contributed by atoms with Crippen LogP contribution in [0.25, 0.3) is 0 Å². The van der Waals surface area contributed by atoms with Gasteiger partial charge in [0.25, 0.3) is 0 Å². The molecule has 0 spiro atoms. The highest BCUT2D eigenvalue weighted by Gasteiger charge is 2.22. The molecular formula is C18H25ClN2O4. The minimum Gasteiger partial charge on any atom is -0.486 e. The number of hydrogen-bond donors (Lipinski definition) is 1. The molecule has 0 radical (unpaired) electrons. The minimum absolute atomic E-state index is 0.0258. The Hall–Kier alpha value is -1.50. The molecule has 2 heterocycles. The highest BCUT2D eigenvalue weighted by molar-refractivity contribution is 6.32. The zero-order valence-corrected chi connectivity index (χ0v) is 15.5. The van der Waals surface area contributed by atoms with Crippen molar-refractivity contribution in [3.63, 3.8) is 0 Å². The van der Waals surface area contributed by atoms with Gasteiger partial charge in [0, 0.05) is 26.2 Å². The Morgan fingerprint density at radius 3 is 2.72 bits per heavy atom. The molecule has 1 aromatic carbocycles. The summed E-state index contributed by atoms with van der Waals surface area (Å²) in [5.41, 5.74) is 0.820. The van der Waals surface area contributed by atoms with E-state index in [9.17, 15) is 4.79 Å². The number of carbonyl (C=O) groups excluding carboxylic acids is 1. The van der Waals surface area contributed by atoms with Crippen molar-refractivity contribution in [2.45, 2.75) is 32.5 Å². The number of benzene rings is 1. The maximum absolute atomic E-state index is 12.2. The van der Waals surface area contributed by atoms with Gasteiger partial charge in [0.05, 0.1) is 23.7 Å². The van der Waals surface area contributed by atoms with Crippen molar-refractivity contribution in [1.82, 2.24) is 10.2 Å². The van der Waals surface area contributed by atoms with Crippen LogP contribution in [0.15, 0.2) is 12.1 Å². The molecule has 2 atom stereocenters. The van der Waals surface area contributed by atoms with Crippen molar-refractivity contribution in [2.24, 2.45) is 0 Å². The molecule has 0 aliphatic carbocycles. The molecule has 2 aliphatic rings. The molecule has 3 rings (SSSR count). The van der Waals surface area contributed by atoms with Gasteiger partial charge in [-0.3, -0.25) is 9.69 Å². The molecule has 2 unspecified atom stereocenters. The summed E-state index contributed by atoms with van der Waals surface area (Å²) in [6, 6.07) is 3.59. The van der Waals surface area contributed by atoms with Crippen molar-refractivity contribution in [1.29, 1.82) is 0 Å². The zero-order chi connectivity index (χ0) is 17.8. The normalized spacial score (nSPS) is 23.3. The molecule has 138 valence electrons. The van der Waals surface area contributed by atoms with E-state index in [1.165, 1.54) is 0 Å². The van der Waals surface area contributed by atoms with E-state index < -0.39 is 0 Å². The average Bonchev–Trinajstić information content (AvgIpc) is 2.54. The molecule has 1 saturated heterocycles. The average molecular weight is 369 g/mol. The van der Waals surface area contributed by atoms with E-state index >= 15 is 0 Å². The second-order valence-electron chi connectivity index (χ2n) is 6.65. The first-order chi connectivity index (χ1) is 12.0. The van der Waals surface area contributed by atoms with Crippen molar-refractivity contribution in [3.8, 4) is 11.5 Å². The Morgan fingerprint density at radius 1 is 1.24 bits per heavy atom. The van der Waals surface area contributed by atoms with Crippen LogP contribution in [-0.4, -0.2) is 62.4 Å². The molecule has 6 nitrogen and oxygen atoms in total. The highest BCUT2D eigenvalue weighted by Crippen LogP contribution is 2.38. The molecule has 1 fully saturated rings. The van der Waals surface area contributed by atoms with E-state index in [0.717, 1.165) is 25.2 Å². The lowest BCUT2D eigenvalue weighted by Crippen LogP contribution is -2.48. The first-order valence-electron chi connectivity index (χ1n) is 8.74. The van der Waals surface area contributed by atoms with E-state index in [2.05, 4.69) is 24.1 Å². The Morgan fingerprint density at radius 2 is 1.96 bits per heavy atom. The van der Waals surface area contributed by atoms with Gasteiger partial charge in [0.2, 0.25) is 5.91 Å². The minimum atomic E-state index is -0.0258. The second kappa shape index (κ2) is 8.25. The third kappa shape index (κ3) is 5.00. The van der Waals surface area contributed by atoms with Gasteiger partial charge < -0.3 is 19.5 Å². The maximum atomic E-state index is 12.2. The van der Waals surface area contributed by atoms with Gasteiger partial charge in [-0.15, -0.1) is 0 Å². The van der Waals surface area contributed by atoms with E-state index in [-0.39, 0.29) is 24.5 Å². The van der Waals surface area contributed by atoms with Gasteiger partial charge in [-0.2, -0.15) is 0 Å². The predicted molar refractivity (Wildman–Crippen MR) is 95.6 cm³/mol. The van der Waals surface area contributed by atoms with Crippen LogP contribution in [0, 0.1) is 0 Å². The topological polar surface area (TPSA) is 60.0 Å². The van der Waals surface area contributed by atoms with Crippen LogP contribution in [-0.2, 0) is 16.0 Å². The van der Waals surface area contributed by atoms with Crippen LogP contribution >= 0.6 is 11.6 Å². The number of halogens is 1. The quantitative estimate of drug-likeness (QED) is 0.860. The van der Waals surface area contributed by atoms with Crippen LogP contribution in [0.2, 0.25) is 5.02 Å². The number of hydrogen-bond acceptors (Lipinski definition) is 5. The van der Waals surface area contributed by atoms with Gasteiger partial charge in [0.1, 0.15) is 13.2 Å². The fourth-order valence-corrected chi connectivity index (χ4v) is 3.62. The van der Waals surface area contributed by atoms with Crippen LogP contribution in [0.4, 0.5) is 0 Å². The smallest absolute Gasteiger partial charge is 0.224 e. The summed E-state index contributed by atoms with van der Waals surface area (Å²) in [4.78, 5) is 14.5. The Labute approximate surface area is 153 Å². The maximum Gasteiger partial charge on any atom is 0.224 e. The molecule has 1 N–H and O–H groups in total. The summed E-state index contributed by atoms with van der Waals surface area (Å²) in [6.07, 6.45) is 0.741. The second-order valence-corrected chi connectivity index (χ2v) is 7.05. The Balaban J connectivity index is 1.47. The lowest BCUT2D eigenvalue weighted by Gasteiger charge is -2.35. The summed E-state index contributed by atoms with van der Waals surface area (Å²) in [5, 5.41) is 3.45. The number of carbonyl (C=O) groups is 1. The van der Waals surface area contributed by atoms with E-state index in [4.69, 9.17) is 25.8 Å². The number of nitrogens with zero attached hydrogens (tertiary/aromatic N) is 1. The number of ether oxygens (including phenoxy) is 3. The van der Waals surface area contributed by atoms with Crippen LogP contribution in [0.1, 0.15) is 19.4 Å². The summed E-state index contributed by atoms with van der Waals surface area (Å²) in [6.45, 7) is 8.39. The Kier molecular flexibility index (Phi) is 6.04. The van der Waals surface area contributed by atoms with Gasteiger partial charge in [-0.25, -0.2) is 0 Å². The summed E-state index contributed by atoms with van der Waals surface area (Å²) in [7, 11) is 0. The third-order valence-electron chi connectivity index (χ3n) is 4.27. The Bertz CT molecular complexity index is 615. The molecule has 7 heteroatoms. The highest BCUT2D eigenvalue weighted by atomic mass is 35.5. The van der Waals surface area contributed by atoms with E-state index in [1.807, 2.05) is 6.07 Å². The standard InChI is InChI=1S/C18H25ClN2O4/c1-12-10-21(11-13(2)25-12)4-3-20-17(22)9-14-7-15(19)18-16(8-14)23-5-6-24-18/h7-8,12-13H,3-6,9-11H2,1-2H3,(H,20,22). The van der Waals surface area contributed by atoms with Crippen LogP contribution in [0.3, 0.4) is 0 Å². The molecule has 1 aromatic rings. The first kappa shape index (κ1) is 18.3. The van der Waals surface area contributed by atoms with Gasteiger partial charge in [0.15, 0.2) is 11.5 Å². The van der Waals surface area contributed by atoms with Crippen molar-refractivity contribution in [3.05, 3.63) is 22.7 Å². The molecule has 2 aliphatic heterocycles. The SMILES string of the molecule is CC1CN(CCNC(=O)Cc2cc(Cl)c3c(c2)OCCO3)CC(C)O1. The largest absolute Gasteiger partial charge is 0.486 e. The van der Waals surface area contributed by atoms with E-state index in [1.54, 1.807) is 6.07 Å². The third-order valence-corrected chi connectivity index (χ3v) is 4.55. The van der Waals surface area contributed by atoms with Crippen LogP contribution < -0.4 is 14.8 Å². The van der Waals surface area contributed by atoms with Crippen molar-refractivity contribution in [2.75, 3.05) is 39.4 Å². The van der Waals surface area contributed by atoms with Crippen molar-refractivity contribution >= 4 is 17.5 Å². The zero-order valence-electron chi connectivity index (χ0n) is 14.7. The molecule has 0 aromatic heterocycles. The summed E-state index contributed by atoms with van der Waals surface area (Å²) >= 11 is 6.21. The monoisotopic (exact) mass is 368 g/mol. The lowest BCUT2D eigenvalue weighted by atomic mass is 10.1. The molecular weight excluding hydrogens is 344 g/mol. The van der Waals surface area contributed by atoms with Crippen molar-refractivity contribution < 1.29 is 19.0 Å².